The van der Waals surface area contributed by atoms with Crippen molar-refractivity contribution in [3.8, 4) is 0 Å². The zero-order valence-corrected chi connectivity index (χ0v) is 12.4. The van der Waals surface area contributed by atoms with Crippen molar-refractivity contribution in [1.29, 1.82) is 0 Å². The summed E-state index contributed by atoms with van der Waals surface area (Å²) < 4.78 is 26.5. The van der Waals surface area contributed by atoms with Crippen molar-refractivity contribution in [2.24, 2.45) is 5.73 Å². The van der Waals surface area contributed by atoms with E-state index in [1.165, 1.54) is 12.1 Å². The molecule has 1 atom stereocenters. The fourth-order valence-corrected chi connectivity index (χ4v) is 3.46. The number of sulfonamides is 1. The van der Waals surface area contributed by atoms with Gasteiger partial charge in [-0.2, -0.15) is 0 Å². The molecule has 0 aliphatic carbocycles. The molecule has 0 heterocycles. The number of nitro benzene ring substituents is 1. The molecular formula is C11H16ClN3O4S. The molecule has 0 spiro atoms. The Hall–Kier alpha value is -1.22. The predicted octanol–water partition coefficient (Wildman–Crippen LogP) is 1.65. The summed E-state index contributed by atoms with van der Waals surface area (Å²) in [5, 5.41) is 10.7. The van der Waals surface area contributed by atoms with Crippen LogP contribution < -0.4 is 10.5 Å². The molecule has 7 nitrogen and oxygen atoms in total. The molecule has 0 radical (unpaired) electrons. The second-order valence-electron chi connectivity index (χ2n) is 4.25. The normalized spacial score (nSPS) is 13.2. The smallest absolute Gasteiger partial charge is 0.290 e. The van der Waals surface area contributed by atoms with Crippen molar-refractivity contribution in [2.75, 3.05) is 6.54 Å². The molecule has 1 aromatic carbocycles. The van der Waals surface area contributed by atoms with Crippen LogP contribution in [0.25, 0.3) is 0 Å². The number of benzene rings is 1. The van der Waals surface area contributed by atoms with E-state index in [0.717, 1.165) is 12.5 Å². The first-order valence-corrected chi connectivity index (χ1v) is 7.83. The lowest BCUT2D eigenvalue weighted by Gasteiger charge is -2.12. The SMILES string of the molecule is CCCC(N)CNS(=O)(=O)c1c(Cl)cccc1[N+](=O)[O-]. The van der Waals surface area contributed by atoms with E-state index >= 15 is 0 Å². The zero-order valence-electron chi connectivity index (χ0n) is 10.9. The van der Waals surface area contributed by atoms with Gasteiger partial charge in [0.15, 0.2) is 4.90 Å². The summed E-state index contributed by atoms with van der Waals surface area (Å²) in [5.41, 5.74) is 5.15. The molecule has 0 aromatic heterocycles. The maximum absolute atomic E-state index is 12.1. The van der Waals surface area contributed by atoms with E-state index in [1.807, 2.05) is 6.92 Å². The molecule has 112 valence electrons. The molecule has 0 saturated carbocycles. The molecule has 1 rings (SSSR count). The van der Waals surface area contributed by atoms with Gasteiger partial charge >= 0.3 is 0 Å². The highest BCUT2D eigenvalue weighted by Gasteiger charge is 2.28. The second kappa shape index (κ2) is 6.98. The Balaban J connectivity index is 3.07. The molecule has 0 fully saturated rings. The third kappa shape index (κ3) is 4.14. The average molecular weight is 322 g/mol. The Labute approximate surface area is 122 Å². The van der Waals surface area contributed by atoms with Crippen LogP contribution in [0.5, 0.6) is 0 Å². The monoisotopic (exact) mass is 321 g/mol. The second-order valence-corrected chi connectivity index (χ2v) is 6.36. The number of nitrogens with one attached hydrogen (secondary N) is 1. The molecule has 0 aliphatic heterocycles. The molecule has 0 aliphatic rings. The lowest BCUT2D eigenvalue weighted by atomic mass is 10.2. The van der Waals surface area contributed by atoms with Crippen LogP contribution in [-0.4, -0.2) is 25.9 Å². The summed E-state index contributed by atoms with van der Waals surface area (Å²) in [6.45, 7) is 1.92. The standard InChI is InChI=1S/C11H16ClN3O4S/c1-2-4-8(13)7-14-20(18,19)11-9(12)5-3-6-10(11)15(16)17/h3,5-6,8,14H,2,4,7,13H2,1H3. The van der Waals surface area contributed by atoms with Crippen LogP contribution in [0.4, 0.5) is 5.69 Å². The van der Waals surface area contributed by atoms with Gasteiger partial charge in [0.05, 0.1) is 9.95 Å². The van der Waals surface area contributed by atoms with Gasteiger partial charge in [0, 0.05) is 18.7 Å². The molecule has 9 heteroatoms. The fourth-order valence-electron chi connectivity index (χ4n) is 1.67. The van der Waals surface area contributed by atoms with E-state index in [9.17, 15) is 18.5 Å². The molecular weight excluding hydrogens is 306 g/mol. The maximum Gasteiger partial charge on any atom is 0.290 e. The lowest BCUT2D eigenvalue weighted by Crippen LogP contribution is -2.37. The van der Waals surface area contributed by atoms with Crippen molar-refractivity contribution in [3.63, 3.8) is 0 Å². The third-order valence-electron chi connectivity index (χ3n) is 2.61. The maximum atomic E-state index is 12.1. The summed E-state index contributed by atoms with van der Waals surface area (Å²) in [7, 11) is -4.08. The minimum atomic E-state index is -4.08. The topological polar surface area (TPSA) is 115 Å². The quantitative estimate of drug-likeness (QED) is 0.585. The molecule has 3 N–H and O–H groups in total. The summed E-state index contributed by atoms with van der Waals surface area (Å²) in [5.74, 6) is 0. The Morgan fingerprint density at radius 2 is 2.15 bits per heavy atom. The Bertz CT molecular complexity index is 591. The number of nitro groups is 1. The minimum absolute atomic E-state index is 0.00144. The summed E-state index contributed by atoms with van der Waals surface area (Å²) in [4.78, 5) is 9.57. The Morgan fingerprint density at radius 3 is 2.70 bits per heavy atom. The van der Waals surface area contributed by atoms with Gasteiger partial charge in [-0.1, -0.05) is 31.0 Å². The Kier molecular flexibility index (Phi) is 5.88. The zero-order chi connectivity index (χ0) is 15.3. The molecule has 0 amide bonds. The van der Waals surface area contributed by atoms with Gasteiger partial charge in [-0.15, -0.1) is 0 Å². The molecule has 1 unspecified atom stereocenters. The highest BCUT2D eigenvalue weighted by Crippen LogP contribution is 2.30. The lowest BCUT2D eigenvalue weighted by molar-refractivity contribution is -0.387. The Morgan fingerprint density at radius 1 is 1.50 bits per heavy atom. The predicted molar refractivity (Wildman–Crippen MR) is 76.2 cm³/mol. The van der Waals surface area contributed by atoms with Crippen molar-refractivity contribution in [1.82, 2.24) is 4.72 Å². The largest absolute Gasteiger partial charge is 0.327 e. The van der Waals surface area contributed by atoms with E-state index in [4.69, 9.17) is 17.3 Å². The molecule has 20 heavy (non-hydrogen) atoms. The molecule has 0 bridgehead atoms. The number of nitrogens with two attached hydrogens (primary N) is 1. The van der Waals surface area contributed by atoms with Crippen LogP contribution in [0.3, 0.4) is 0 Å². The minimum Gasteiger partial charge on any atom is -0.327 e. The van der Waals surface area contributed by atoms with E-state index in [0.29, 0.717) is 6.42 Å². The van der Waals surface area contributed by atoms with Crippen molar-refractivity contribution in [3.05, 3.63) is 33.3 Å². The first kappa shape index (κ1) is 16.8. The molecule has 1 aromatic rings. The van der Waals surface area contributed by atoms with E-state index < -0.39 is 25.5 Å². The van der Waals surface area contributed by atoms with Crippen LogP contribution in [0.2, 0.25) is 5.02 Å². The first-order valence-electron chi connectivity index (χ1n) is 5.97. The van der Waals surface area contributed by atoms with Crippen LogP contribution in [0, 0.1) is 10.1 Å². The fraction of sp³-hybridized carbons (Fsp3) is 0.455. The van der Waals surface area contributed by atoms with Crippen LogP contribution >= 0.6 is 11.6 Å². The number of rotatable bonds is 7. The van der Waals surface area contributed by atoms with Gasteiger partial charge in [-0.25, -0.2) is 13.1 Å². The van der Waals surface area contributed by atoms with Crippen LogP contribution in [-0.2, 0) is 10.0 Å². The van der Waals surface area contributed by atoms with Gasteiger partial charge in [-0.05, 0) is 12.5 Å². The van der Waals surface area contributed by atoms with E-state index in [-0.39, 0.29) is 17.6 Å². The number of hydrogen-bond acceptors (Lipinski definition) is 5. The van der Waals surface area contributed by atoms with Gasteiger partial charge in [0.2, 0.25) is 10.0 Å². The van der Waals surface area contributed by atoms with E-state index in [2.05, 4.69) is 4.72 Å². The highest BCUT2D eigenvalue weighted by atomic mass is 35.5. The van der Waals surface area contributed by atoms with Crippen molar-refractivity contribution >= 4 is 27.3 Å². The van der Waals surface area contributed by atoms with E-state index in [1.54, 1.807) is 0 Å². The summed E-state index contributed by atoms with van der Waals surface area (Å²) in [6.07, 6.45) is 1.46. The highest BCUT2D eigenvalue weighted by molar-refractivity contribution is 7.89. The van der Waals surface area contributed by atoms with Crippen LogP contribution in [0.15, 0.2) is 23.1 Å². The first-order chi connectivity index (χ1) is 9.29. The summed E-state index contributed by atoms with van der Waals surface area (Å²) >= 11 is 5.78. The van der Waals surface area contributed by atoms with Gasteiger partial charge in [0.25, 0.3) is 5.69 Å². The average Bonchev–Trinajstić information content (AvgIpc) is 2.36. The molecule has 0 saturated heterocycles. The van der Waals surface area contributed by atoms with Crippen molar-refractivity contribution < 1.29 is 13.3 Å². The third-order valence-corrected chi connectivity index (χ3v) is 4.55. The van der Waals surface area contributed by atoms with Crippen molar-refractivity contribution in [2.45, 2.75) is 30.7 Å². The van der Waals surface area contributed by atoms with Gasteiger partial charge < -0.3 is 5.73 Å². The summed E-state index contributed by atoms with van der Waals surface area (Å²) in [6, 6.07) is 3.35. The van der Waals surface area contributed by atoms with Crippen LogP contribution in [0.1, 0.15) is 19.8 Å². The number of nitrogens with zero attached hydrogens (tertiary/aromatic N) is 1. The number of hydrogen-bond donors (Lipinski definition) is 2. The van der Waals surface area contributed by atoms with Gasteiger partial charge in [0.1, 0.15) is 0 Å². The van der Waals surface area contributed by atoms with Gasteiger partial charge in [-0.3, -0.25) is 10.1 Å². The number of halogens is 1.